The molecule has 2 N–H and O–H groups in total. The molecule has 0 radical (unpaired) electrons. The van der Waals surface area contributed by atoms with Crippen LogP contribution in [0.15, 0.2) is 47.4 Å². The number of aliphatic hydroxyl groups is 1. The molecule has 1 aliphatic rings. The number of benzene rings is 2. The lowest BCUT2D eigenvalue weighted by Crippen LogP contribution is -2.50. The fourth-order valence-corrected chi connectivity index (χ4v) is 5.59. The van der Waals surface area contributed by atoms with Crippen LogP contribution in [0.3, 0.4) is 0 Å². The zero-order chi connectivity index (χ0) is 26.8. The van der Waals surface area contributed by atoms with Crippen LogP contribution in [0.5, 0.6) is 5.75 Å². The first kappa shape index (κ1) is 27.8. The molecule has 0 spiro atoms. The fourth-order valence-electron chi connectivity index (χ4n) is 3.86. The smallest absolute Gasteiger partial charge is 0.258 e. The number of carbonyl (C=O) groups is 1. The summed E-state index contributed by atoms with van der Waals surface area (Å²) >= 11 is 0. The van der Waals surface area contributed by atoms with E-state index in [9.17, 15) is 31.1 Å². The predicted octanol–water partition coefficient (Wildman–Crippen LogP) is 1.74. The molecule has 1 aliphatic heterocycles. The van der Waals surface area contributed by atoms with Crippen LogP contribution in [0.4, 0.5) is 10.1 Å². The molecule has 198 valence electrons. The summed E-state index contributed by atoms with van der Waals surface area (Å²) in [6.07, 6.45) is 0.274. The second kappa shape index (κ2) is 10.7. The van der Waals surface area contributed by atoms with Crippen LogP contribution in [-0.2, 0) is 20.0 Å². The Morgan fingerprint density at radius 1 is 1.19 bits per heavy atom. The van der Waals surface area contributed by atoms with Gasteiger partial charge in [-0.3, -0.25) is 9.52 Å². The number of anilines is 1. The zero-order valence-corrected chi connectivity index (χ0v) is 22.0. The number of hydrogen-bond donors (Lipinski definition) is 2. The van der Waals surface area contributed by atoms with E-state index < -0.39 is 43.9 Å². The number of aliphatic hydroxyl groups excluding tert-OH is 1. The van der Waals surface area contributed by atoms with E-state index in [4.69, 9.17) is 4.74 Å². The predicted molar refractivity (Wildman–Crippen MR) is 132 cm³/mol. The monoisotopic (exact) mass is 543 g/mol. The normalized spacial score (nSPS) is 19.8. The molecule has 0 unspecified atom stereocenters. The van der Waals surface area contributed by atoms with Crippen molar-refractivity contribution in [1.82, 2.24) is 9.21 Å². The molecular weight excluding hydrogens is 513 g/mol. The van der Waals surface area contributed by atoms with Gasteiger partial charge < -0.3 is 14.7 Å². The van der Waals surface area contributed by atoms with Crippen LogP contribution in [-0.4, -0.2) is 82.2 Å². The van der Waals surface area contributed by atoms with E-state index in [1.54, 1.807) is 13.8 Å². The Labute approximate surface area is 210 Å². The van der Waals surface area contributed by atoms with Gasteiger partial charge in [0.05, 0.1) is 35.9 Å². The van der Waals surface area contributed by atoms with Crippen LogP contribution >= 0.6 is 0 Å². The number of hydrogen-bond acceptors (Lipinski definition) is 7. The summed E-state index contributed by atoms with van der Waals surface area (Å²) in [6.45, 7) is 3.24. The van der Waals surface area contributed by atoms with E-state index in [1.807, 2.05) is 0 Å². The number of nitrogens with zero attached hydrogens (tertiary/aromatic N) is 2. The van der Waals surface area contributed by atoms with Gasteiger partial charge in [0.25, 0.3) is 5.91 Å². The highest BCUT2D eigenvalue weighted by Gasteiger charge is 2.35. The summed E-state index contributed by atoms with van der Waals surface area (Å²) in [5, 5.41) is 9.74. The van der Waals surface area contributed by atoms with Crippen molar-refractivity contribution in [3.8, 4) is 5.75 Å². The minimum Gasteiger partial charge on any atom is -0.488 e. The topological polar surface area (TPSA) is 133 Å². The van der Waals surface area contributed by atoms with Gasteiger partial charge in [-0.2, -0.15) is 4.31 Å². The first-order valence-corrected chi connectivity index (χ1v) is 14.5. The highest BCUT2D eigenvalue weighted by Crippen LogP contribution is 2.31. The molecule has 36 heavy (non-hydrogen) atoms. The minimum atomic E-state index is -3.96. The number of nitrogens with one attached hydrogen (secondary N) is 1. The molecule has 0 aliphatic carbocycles. The molecule has 3 rings (SSSR count). The van der Waals surface area contributed by atoms with Gasteiger partial charge in [0.2, 0.25) is 20.0 Å². The summed E-state index contributed by atoms with van der Waals surface area (Å²) < 4.78 is 72.3. The molecular formula is C23H30FN3O7S2. The van der Waals surface area contributed by atoms with Crippen molar-refractivity contribution in [3.05, 3.63) is 53.8 Å². The van der Waals surface area contributed by atoms with Crippen LogP contribution in [0.2, 0.25) is 0 Å². The maximum absolute atomic E-state index is 13.4. The SMILES string of the molecule is C[C@@H]1CN([C@@H](C)CO)C(=O)c2cc(NS(C)(=O)=O)ccc2O[C@H]1CN(C)S(=O)(=O)c1ccc(F)cc1. The molecule has 0 saturated carbocycles. The average molecular weight is 544 g/mol. The summed E-state index contributed by atoms with van der Waals surface area (Å²) in [5.74, 6) is -1.21. The lowest BCUT2D eigenvalue weighted by atomic mass is 9.99. The standard InChI is InChI=1S/C23H30FN3O7S2/c1-15-12-27(16(2)14-28)23(29)20-11-18(25-35(4,30)31)7-10-21(20)34-22(15)13-26(3)36(32,33)19-8-5-17(24)6-9-19/h5-11,15-16,22,25,28H,12-14H2,1-4H3/t15-,16+,22+/m1/s1. The quantitative estimate of drug-likeness (QED) is 0.518. The third-order valence-corrected chi connectivity index (χ3v) is 8.37. The molecule has 0 fully saturated rings. The summed E-state index contributed by atoms with van der Waals surface area (Å²) in [5.41, 5.74) is 0.232. The van der Waals surface area contributed by atoms with Crippen molar-refractivity contribution < 1.29 is 35.9 Å². The van der Waals surface area contributed by atoms with Gasteiger partial charge in [-0.1, -0.05) is 6.92 Å². The van der Waals surface area contributed by atoms with Crippen molar-refractivity contribution in [1.29, 1.82) is 0 Å². The summed E-state index contributed by atoms with van der Waals surface area (Å²) in [4.78, 5) is 14.8. The van der Waals surface area contributed by atoms with E-state index >= 15 is 0 Å². The molecule has 2 aromatic carbocycles. The number of rotatable bonds is 8. The van der Waals surface area contributed by atoms with Crippen molar-refractivity contribution in [2.24, 2.45) is 5.92 Å². The highest BCUT2D eigenvalue weighted by atomic mass is 32.2. The van der Waals surface area contributed by atoms with E-state index in [0.717, 1.165) is 22.7 Å². The van der Waals surface area contributed by atoms with E-state index in [0.29, 0.717) is 0 Å². The van der Waals surface area contributed by atoms with Gasteiger partial charge in [0, 0.05) is 25.2 Å². The Hall–Kier alpha value is -2.74. The molecule has 0 bridgehead atoms. The first-order chi connectivity index (χ1) is 16.7. The fraction of sp³-hybridized carbons (Fsp3) is 0.435. The molecule has 1 amide bonds. The van der Waals surface area contributed by atoms with E-state index in [-0.39, 0.29) is 47.5 Å². The number of carbonyl (C=O) groups excluding carboxylic acids is 1. The second-order valence-electron chi connectivity index (χ2n) is 8.95. The van der Waals surface area contributed by atoms with Gasteiger partial charge in [-0.25, -0.2) is 21.2 Å². The highest BCUT2D eigenvalue weighted by molar-refractivity contribution is 7.92. The number of ether oxygens (including phenoxy) is 1. The van der Waals surface area contributed by atoms with Crippen LogP contribution in [0.25, 0.3) is 0 Å². The Kier molecular flexibility index (Phi) is 8.28. The number of halogens is 1. The third-order valence-electron chi connectivity index (χ3n) is 5.93. The van der Waals surface area contributed by atoms with Crippen LogP contribution < -0.4 is 9.46 Å². The molecule has 3 atom stereocenters. The second-order valence-corrected chi connectivity index (χ2v) is 12.7. The van der Waals surface area contributed by atoms with Crippen molar-refractivity contribution >= 4 is 31.6 Å². The van der Waals surface area contributed by atoms with Crippen LogP contribution in [0, 0.1) is 11.7 Å². The maximum atomic E-state index is 13.4. The van der Waals surface area contributed by atoms with Gasteiger partial charge in [-0.05, 0) is 49.4 Å². The number of likely N-dealkylation sites (N-methyl/N-ethyl adjacent to an activating group) is 1. The van der Waals surface area contributed by atoms with E-state index in [1.165, 1.54) is 42.3 Å². The van der Waals surface area contributed by atoms with Crippen molar-refractivity contribution in [2.75, 3.05) is 37.7 Å². The number of amides is 1. The van der Waals surface area contributed by atoms with Gasteiger partial charge in [0.1, 0.15) is 17.7 Å². The molecule has 0 saturated heterocycles. The maximum Gasteiger partial charge on any atom is 0.258 e. The Balaban J connectivity index is 1.99. The Bertz CT molecular complexity index is 1320. The third kappa shape index (κ3) is 6.33. The van der Waals surface area contributed by atoms with Gasteiger partial charge in [0.15, 0.2) is 0 Å². The summed E-state index contributed by atoms with van der Waals surface area (Å²) in [7, 11) is -6.18. The Morgan fingerprint density at radius 2 is 1.83 bits per heavy atom. The van der Waals surface area contributed by atoms with E-state index in [2.05, 4.69) is 4.72 Å². The molecule has 13 heteroatoms. The summed E-state index contributed by atoms with van der Waals surface area (Å²) in [6, 6.07) is 8.16. The van der Waals surface area contributed by atoms with Crippen LogP contribution in [0.1, 0.15) is 24.2 Å². The molecule has 10 nitrogen and oxygen atoms in total. The number of sulfonamides is 2. The zero-order valence-electron chi connectivity index (χ0n) is 20.4. The first-order valence-electron chi connectivity index (χ1n) is 11.1. The van der Waals surface area contributed by atoms with Gasteiger partial charge in [-0.15, -0.1) is 0 Å². The van der Waals surface area contributed by atoms with Crippen molar-refractivity contribution in [3.63, 3.8) is 0 Å². The molecule has 2 aromatic rings. The lowest BCUT2D eigenvalue weighted by Gasteiger charge is -2.38. The van der Waals surface area contributed by atoms with Crippen molar-refractivity contribution in [2.45, 2.75) is 30.9 Å². The largest absolute Gasteiger partial charge is 0.488 e. The Morgan fingerprint density at radius 3 is 2.42 bits per heavy atom. The average Bonchev–Trinajstić information content (AvgIpc) is 2.80. The lowest BCUT2D eigenvalue weighted by molar-refractivity contribution is 0.0387. The minimum absolute atomic E-state index is 0.0740. The molecule has 0 aromatic heterocycles. The van der Waals surface area contributed by atoms with Gasteiger partial charge >= 0.3 is 0 Å². The molecule has 1 heterocycles. The number of fused-ring (bicyclic) bond motifs is 1.